The van der Waals surface area contributed by atoms with E-state index in [1.54, 1.807) is 13.8 Å². The summed E-state index contributed by atoms with van der Waals surface area (Å²) in [4.78, 5) is 49.3. The fourth-order valence-electron chi connectivity index (χ4n) is 2.99. The van der Waals surface area contributed by atoms with Crippen LogP contribution in [0.2, 0.25) is 0 Å². The number of thiophene rings is 1. The third-order valence-electron chi connectivity index (χ3n) is 4.29. The van der Waals surface area contributed by atoms with E-state index in [2.05, 4.69) is 5.32 Å². The van der Waals surface area contributed by atoms with Crippen LogP contribution in [0.5, 0.6) is 0 Å². The lowest BCUT2D eigenvalue weighted by Crippen LogP contribution is -2.36. The predicted octanol–water partition coefficient (Wildman–Crippen LogP) is 3.19. The molecular formula is C18H19N3O8S. The molecule has 2 amide bonds. The molecule has 1 aliphatic heterocycles. The molecule has 2 aromatic heterocycles. The SMILES string of the molecule is CCOC(=O)c1c(NC(=O)c2ccc([N+](=O)[O-])o2)sc2c1CCN(C(=O)OCC)C2. The Bertz CT molecular complexity index is 996. The van der Waals surface area contributed by atoms with Crippen molar-refractivity contribution in [2.24, 2.45) is 0 Å². The molecule has 0 spiro atoms. The minimum Gasteiger partial charge on any atom is -0.462 e. The molecule has 2 aromatic rings. The average Bonchev–Trinajstić information content (AvgIpc) is 3.32. The van der Waals surface area contributed by atoms with Gasteiger partial charge in [-0.05, 0) is 31.9 Å². The zero-order valence-corrected chi connectivity index (χ0v) is 17.1. The van der Waals surface area contributed by atoms with Crippen LogP contribution in [0.25, 0.3) is 0 Å². The number of esters is 1. The molecule has 0 saturated heterocycles. The maximum atomic E-state index is 12.5. The van der Waals surface area contributed by atoms with E-state index < -0.39 is 28.8 Å². The van der Waals surface area contributed by atoms with E-state index in [0.717, 1.165) is 22.3 Å². The number of ether oxygens (including phenoxy) is 2. The molecule has 0 aliphatic carbocycles. The standard InChI is InChI=1S/C18H19N3O8S/c1-3-27-17(23)14-10-7-8-20(18(24)28-4-2)9-12(10)30-16(14)19-15(22)11-5-6-13(29-11)21(25)26/h5-6H,3-4,7-9H2,1-2H3,(H,19,22). The van der Waals surface area contributed by atoms with Gasteiger partial charge in [-0.3, -0.25) is 14.9 Å². The van der Waals surface area contributed by atoms with Crippen molar-refractivity contribution in [2.45, 2.75) is 26.8 Å². The summed E-state index contributed by atoms with van der Waals surface area (Å²) in [5.74, 6) is -2.17. The smallest absolute Gasteiger partial charge is 0.433 e. The molecule has 160 valence electrons. The first-order chi connectivity index (χ1) is 14.3. The van der Waals surface area contributed by atoms with E-state index in [0.29, 0.717) is 18.5 Å². The minimum atomic E-state index is -0.755. The van der Waals surface area contributed by atoms with Crippen LogP contribution >= 0.6 is 11.3 Å². The van der Waals surface area contributed by atoms with Crippen LogP contribution in [0.15, 0.2) is 16.5 Å². The molecule has 12 heteroatoms. The summed E-state index contributed by atoms with van der Waals surface area (Å²) in [6, 6.07) is 2.24. The van der Waals surface area contributed by atoms with Crippen LogP contribution < -0.4 is 5.32 Å². The van der Waals surface area contributed by atoms with Gasteiger partial charge >= 0.3 is 17.9 Å². The molecule has 0 saturated carbocycles. The van der Waals surface area contributed by atoms with Gasteiger partial charge in [0.2, 0.25) is 0 Å². The second kappa shape index (κ2) is 8.95. The summed E-state index contributed by atoms with van der Waals surface area (Å²) in [5, 5.41) is 13.6. The van der Waals surface area contributed by atoms with Gasteiger partial charge in [0.1, 0.15) is 9.92 Å². The second-order valence-corrected chi connectivity index (χ2v) is 7.25. The summed E-state index contributed by atoms with van der Waals surface area (Å²) in [5.41, 5.74) is 0.912. The number of nitrogens with one attached hydrogen (secondary N) is 1. The van der Waals surface area contributed by atoms with Gasteiger partial charge in [0.05, 0.1) is 31.4 Å². The molecule has 0 bridgehead atoms. The Labute approximate surface area is 174 Å². The van der Waals surface area contributed by atoms with E-state index in [1.807, 2.05) is 0 Å². The van der Waals surface area contributed by atoms with Gasteiger partial charge in [-0.25, -0.2) is 9.59 Å². The first-order valence-corrected chi connectivity index (χ1v) is 9.96. The molecule has 0 fully saturated rings. The molecule has 0 aromatic carbocycles. The van der Waals surface area contributed by atoms with Crippen molar-refractivity contribution >= 4 is 40.2 Å². The molecule has 30 heavy (non-hydrogen) atoms. The number of anilines is 1. The minimum absolute atomic E-state index is 0.149. The van der Waals surface area contributed by atoms with Crippen LogP contribution in [0, 0.1) is 10.1 Å². The van der Waals surface area contributed by atoms with Crippen LogP contribution in [0.1, 0.15) is 45.2 Å². The summed E-state index contributed by atoms with van der Waals surface area (Å²) in [6.45, 7) is 4.36. The van der Waals surface area contributed by atoms with Crippen molar-refractivity contribution in [3.05, 3.63) is 44.0 Å². The maximum absolute atomic E-state index is 12.5. The third-order valence-corrected chi connectivity index (χ3v) is 5.42. The van der Waals surface area contributed by atoms with Gasteiger partial charge in [0.15, 0.2) is 5.76 Å². The summed E-state index contributed by atoms with van der Waals surface area (Å²) < 4.78 is 15.1. The Balaban J connectivity index is 1.89. The average molecular weight is 437 g/mol. The van der Waals surface area contributed by atoms with Gasteiger partial charge in [0, 0.05) is 11.4 Å². The number of amides is 2. The molecule has 1 N–H and O–H groups in total. The quantitative estimate of drug-likeness (QED) is 0.412. The number of nitro groups is 1. The van der Waals surface area contributed by atoms with Gasteiger partial charge < -0.3 is 24.1 Å². The van der Waals surface area contributed by atoms with Crippen molar-refractivity contribution in [1.29, 1.82) is 0 Å². The number of carbonyl (C=O) groups excluding carboxylic acids is 3. The van der Waals surface area contributed by atoms with Crippen LogP contribution in [-0.2, 0) is 22.4 Å². The number of rotatable bonds is 6. The number of fused-ring (bicyclic) bond motifs is 1. The molecule has 1 aliphatic rings. The predicted molar refractivity (Wildman–Crippen MR) is 105 cm³/mol. The lowest BCUT2D eigenvalue weighted by molar-refractivity contribution is -0.402. The van der Waals surface area contributed by atoms with Crippen LogP contribution in [0.4, 0.5) is 15.7 Å². The molecule has 0 unspecified atom stereocenters. The molecule has 3 rings (SSSR count). The highest BCUT2D eigenvalue weighted by molar-refractivity contribution is 7.17. The summed E-state index contributed by atoms with van der Waals surface area (Å²) in [7, 11) is 0. The molecular weight excluding hydrogens is 418 g/mol. The highest BCUT2D eigenvalue weighted by Crippen LogP contribution is 2.38. The Morgan fingerprint density at radius 2 is 2.00 bits per heavy atom. The molecule has 0 atom stereocenters. The van der Waals surface area contributed by atoms with Crippen molar-refractivity contribution in [1.82, 2.24) is 4.90 Å². The number of hydrogen-bond donors (Lipinski definition) is 1. The lowest BCUT2D eigenvalue weighted by atomic mass is 10.0. The number of nitrogens with zero attached hydrogens (tertiary/aromatic N) is 2. The van der Waals surface area contributed by atoms with Gasteiger partial charge in [0.25, 0.3) is 5.91 Å². The number of hydrogen-bond acceptors (Lipinski definition) is 9. The first-order valence-electron chi connectivity index (χ1n) is 9.14. The van der Waals surface area contributed by atoms with Crippen LogP contribution in [-0.4, -0.2) is 47.6 Å². The topological polar surface area (TPSA) is 141 Å². The largest absolute Gasteiger partial charge is 0.462 e. The third kappa shape index (κ3) is 4.27. The Hall–Kier alpha value is -3.41. The van der Waals surface area contributed by atoms with E-state index >= 15 is 0 Å². The second-order valence-electron chi connectivity index (χ2n) is 6.15. The highest BCUT2D eigenvalue weighted by atomic mass is 32.1. The summed E-state index contributed by atoms with van der Waals surface area (Å²) >= 11 is 1.13. The van der Waals surface area contributed by atoms with Crippen LogP contribution in [0.3, 0.4) is 0 Å². The summed E-state index contributed by atoms with van der Waals surface area (Å²) in [6.07, 6.45) is -0.0660. The van der Waals surface area contributed by atoms with E-state index in [-0.39, 0.29) is 36.1 Å². The number of carbonyl (C=O) groups is 3. The van der Waals surface area contributed by atoms with E-state index in [4.69, 9.17) is 13.9 Å². The van der Waals surface area contributed by atoms with Gasteiger partial charge in [-0.15, -0.1) is 11.3 Å². The monoisotopic (exact) mass is 437 g/mol. The fourth-order valence-corrected chi connectivity index (χ4v) is 4.24. The molecule has 11 nitrogen and oxygen atoms in total. The lowest BCUT2D eigenvalue weighted by Gasteiger charge is -2.26. The van der Waals surface area contributed by atoms with Gasteiger partial charge in [-0.2, -0.15) is 0 Å². The Morgan fingerprint density at radius 1 is 1.27 bits per heavy atom. The van der Waals surface area contributed by atoms with Crippen molar-refractivity contribution in [3.8, 4) is 0 Å². The van der Waals surface area contributed by atoms with Crippen molar-refractivity contribution in [2.75, 3.05) is 25.1 Å². The maximum Gasteiger partial charge on any atom is 0.433 e. The molecule has 3 heterocycles. The van der Waals surface area contributed by atoms with Gasteiger partial charge in [-0.1, -0.05) is 0 Å². The Kier molecular flexibility index (Phi) is 6.35. The van der Waals surface area contributed by atoms with E-state index in [1.165, 1.54) is 11.0 Å². The number of furan rings is 1. The molecule has 0 radical (unpaired) electrons. The first kappa shape index (κ1) is 21.3. The van der Waals surface area contributed by atoms with Crippen molar-refractivity contribution in [3.63, 3.8) is 0 Å². The zero-order valence-electron chi connectivity index (χ0n) is 16.3. The fraction of sp³-hybridized carbons (Fsp3) is 0.389. The zero-order chi connectivity index (χ0) is 21.8. The Morgan fingerprint density at radius 3 is 2.63 bits per heavy atom. The van der Waals surface area contributed by atoms with E-state index in [9.17, 15) is 24.5 Å². The van der Waals surface area contributed by atoms with Crippen molar-refractivity contribution < 1.29 is 33.2 Å². The highest BCUT2D eigenvalue weighted by Gasteiger charge is 2.32. The normalized spacial score (nSPS) is 12.8.